The topological polar surface area (TPSA) is 75.4 Å². The van der Waals surface area contributed by atoms with Crippen LogP contribution in [-0.4, -0.2) is 44.0 Å². The van der Waals surface area contributed by atoms with Gasteiger partial charge in [-0.05, 0) is 30.7 Å². The standard InChI is InChI=1S/C23H25N3O3/c1-2-3-4-13-21-24-19-11-7-8-12-20(19)25(21)14-16(27)15-26-22(28)17-9-5-6-10-18(17)23(26)29/h5-12,16,27H,2-4,13-15H2,1H3/t16-/m1/s1. The van der Waals surface area contributed by atoms with Crippen molar-refractivity contribution in [2.24, 2.45) is 0 Å². The van der Waals surface area contributed by atoms with E-state index in [-0.39, 0.29) is 24.9 Å². The molecule has 0 aliphatic carbocycles. The van der Waals surface area contributed by atoms with Crippen molar-refractivity contribution >= 4 is 22.8 Å². The lowest BCUT2D eigenvalue weighted by molar-refractivity contribution is 0.0521. The first-order chi connectivity index (χ1) is 14.1. The predicted octanol–water partition coefficient (Wildman–Crippen LogP) is 3.43. The highest BCUT2D eigenvalue weighted by molar-refractivity contribution is 6.21. The molecule has 2 heterocycles. The van der Waals surface area contributed by atoms with Crippen molar-refractivity contribution in [1.82, 2.24) is 14.5 Å². The van der Waals surface area contributed by atoms with Gasteiger partial charge in [0, 0.05) is 6.42 Å². The first kappa shape index (κ1) is 19.3. The van der Waals surface area contributed by atoms with Gasteiger partial charge in [0.25, 0.3) is 11.8 Å². The number of hydrogen-bond acceptors (Lipinski definition) is 4. The van der Waals surface area contributed by atoms with Crippen molar-refractivity contribution < 1.29 is 14.7 Å². The highest BCUT2D eigenvalue weighted by Crippen LogP contribution is 2.23. The second-order valence-corrected chi connectivity index (χ2v) is 7.50. The smallest absolute Gasteiger partial charge is 0.261 e. The van der Waals surface area contributed by atoms with Gasteiger partial charge < -0.3 is 9.67 Å². The normalized spacial score (nSPS) is 14.6. The Morgan fingerprint density at radius 2 is 1.59 bits per heavy atom. The minimum Gasteiger partial charge on any atom is -0.389 e. The van der Waals surface area contributed by atoms with Crippen LogP contribution in [0.2, 0.25) is 0 Å². The maximum absolute atomic E-state index is 12.6. The molecule has 4 rings (SSSR count). The van der Waals surface area contributed by atoms with Crippen LogP contribution in [-0.2, 0) is 13.0 Å². The fourth-order valence-corrected chi connectivity index (χ4v) is 3.94. The van der Waals surface area contributed by atoms with Crippen LogP contribution in [0.4, 0.5) is 0 Å². The number of aryl methyl sites for hydroxylation is 1. The second-order valence-electron chi connectivity index (χ2n) is 7.50. The molecule has 150 valence electrons. The molecular formula is C23H25N3O3. The van der Waals surface area contributed by atoms with Crippen LogP contribution in [0.3, 0.4) is 0 Å². The molecule has 1 atom stereocenters. The fraction of sp³-hybridized carbons (Fsp3) is 0.348. The number of aliphatic hydroxyl groups excluding tert-OH is 1. The van der Waals surface area contributed by atoms with E-state index in [2.05, 4.69) is 6.92 Å². The summed E-state index contributed by atoms with van der Waals surface area (Å²) in [5, 5.41) is 10.8. The monoisotopic (exact) mass is 391 g/mol. The van der Waals surface area contributed by atoms with E-state index in [9.17, 15) is 14.7 Å². The summed E-state index contributed by atoms with van der Waals surface area (Å²) in [7, 11) is 0. The lowest BCUT2D eigenvalue weighted by atomic mass is 10.1. The SMILES string of the molecule is CCCCCc1nc2ccccc2n1C[C@@H](O)CN1C(=O)c2ccccc2C1=O. The van der Waals surface area contributed by atoms with Crippen LogP contribution in [0, 0.1) is 0 Å². The van der Waals surface area contributed by atoms with Crippen molar-refractivity contribution in [1.29, 1.82) is 0 Å². The number of unbranched alkanes of at least 4 members (excludes halogenated alkanes) is 2. The fourth-order valence-electron chi connectivity index (χ4n) is 3.94. The molecule has 0 fully saturated rings. The number of para-hydroxylation sites is 2. The molecule has 3 aromatic rings. The molecule has 0 radical (unpaired) electrons. The van der Waals surface area contributed by atoms with Crippen molar-refractivity contribution in [2.75, 3.05) is 6.54 Å². The van der Waals surface area contributed by atoms with Gasteiger partial charge in [-0.15, -0.1) is 0 Å². The van der Waals surface area contributed by atoms with Crippen molar-refractivity contribution in [3.8, 4) is 0 Å². The van der Waals surface area contributed by atoms with Crippen LogP contribution >= 0.6 is 0 Å². The molecule has 29 heavy (non-hydrogen) atoms. The van der Waals surface area contributed by atoms with E-state index < -0.39 is 6.10 Å². The third-order valence-corrected chi connectivity index (χ3v) is 5.40. The van der Waals surface area contributed by atoms with Crippen LogP contribution in [0.25, 0.3) is 11.0 Å². The number of aromatic nitrogens is 2. The molecule has 1 aromatic heterocycles. The Morgan fingerprint density at radius 1 is 0.931 bits per heavy atom. The summed E-state index contributed by atoms with van der Waals surface area (Å²) in [6.45, 7) is 2.41. The highest BCUT2D eigenvalue weighted by atomic mass is 16.3. The maximum atomic E-state index is 12.6. The third-order valence-electron chi connectivity index (χ3n) is 5.40. The average molecular weight is 391 g/mol. The quantitative estimate of drug-likeness (QED) is 0.472. The number of nitrogens with zero attached hydrogens (tertiary/aromatic N) is 3. The minimum atomic E-state index is -0.875. The summed E-state index contributed by atoms with van der Waals surface area (Å²) >= 11 is 0. The average Bonchev–Trinajstić information content (AvgIpc) is 3.19. The zero-order valence-electron chi connectivity index (χ0n) is 16.5. The summed E-state index contributed by atoms with van der Waals surface area (Å²) in [4.78, 5) is 31.0. The number of rotatable bonds is 8. The van der Waals surface area contributed by atoms with E-state index in [0.717, 1.165) is 47.4 Å². The van der Waals surface area contributed by atoms with Crippen molar-refractivity contribution in [3.05, 3.63) is 65.5 Å². The number of imide groups is 1. The van der Waals surface area contributed by atoms with E-state index >= 15 is 0 Å². The van der Waals surface area contributed by atoms with Gasteiger partial charge in [-0.3, -0.25) is 14.5 Å². The summed E-state index contributed by atoms with van der Waals surface area (Å²) < 4.78 is 2.02. The summed E-state index contributed by atoms with van der Waals surface area (Å²) in [6.07, 6.45) is 3.25. The number of hydrogen-bond donors (Lipinski definition) is 1. The molecule has 6 heteroatoms. The van der Waals surface area contributed by atoms with Crippen LogP contribution in [0.5, 0.6) is 0 Å². The van der Waals surface area contributed by atoms with E-state index in [4.69, 9.17) is 4.98 Å². The van der Waals surface area contributed by atoms with Gasteiger partial charge in [-0.2, -0.15) is 0 Å². The van der Waals surface area contributed by atoms with Crippen LogP contribution in [0.15, 0.2) is 48.5 Å². The summed E-state index contributed by atoms with van der Waals surface area (Å²) in [6, 6.07) is 14.6. The number of imidazole rings is 1. The van der Waals surface area contributed by atoms with Gasteiger partial charge in [0.1, 0.15) is 5.82 Å². The number of amides is 2. The van der Waals surface area contributed by atoms with Crippen molar-refractivity contribution in [3.63, 3.8) is 0 Å². The Labute approximate surface area is 169 Å². The molecule has 0 saturated heterocycles. The molecule has 0 spiro atoms. The summed E-state index contributed by atoms with van der Waals surface area (Å²) in [5.41, 5.74) is 2.66. The number of β-amino-alcohol motifs (C(OH)–C–C–N with tert-alkyl or cyclic N) is 1. The molecular weight excluding hydrogens is 366 g/mol. The summed E-state index contributed by atoms with van der Waals surface area (Å²) in [5.74, 6) is 0.243. The van der Waals surface area contributed by atoms with Gasteiger partial charge in [0.15, 0.2) is 0 Å². The first-order valence-electron chi connectivity index (χ1n) is 10.2. The molecule has 1 aliphatic heterocycles. The molecule has 1 N–H and O–H groups in total. The van der Waals surface area contributed by atoms with Gasteiger partial charge in [0.2, 0.25) is 0 Å². The molecule has 1 aliphatic rings. The third kappa shape index (κ3) is 3.68. The van der Waals surface area contributed by atoms with Crippen molar-refractivity contribution in [2.45, 2.75) is 45.3 Å². The number of benzene rings is 2. The van der Waals surface area contributed by atoms with Gasteiger partial charge in [-0.1, -0.05) is 44.0 Å². The van der Waals surface area contributed by atoms with Crippen LogP contribution < -0.4 is 0 Å². The van der Waals surface area contributed by atoms with E-state index in [1.165, 1.54) is 0 Å². The van der Waals surface area contributed by atoms with Gasteiger partial charge in [0.05, 0.1) is 41.4 Å². The number of fused-ring (bicyclic) bond motifs is 2. The number of carbonyl (C=O) groups excluding carboxylic acids is 2. The molecule has 0 unspecified atom stereocenters. The largest absolute Gasteiger partial charge is 0.389 e. The Hall–Kier alpha value is -2.99. The molecule has 6 nitrogen and oxygen atoms in total. The lowest BCUT2D eigenvalue weighted by Crippen LogP contribution is -2.38. The zero-order valence-corrected chi connectivity index (χ0v) is 16.5. The van der Waals surface area contributed by atoms with E-state index in [0.29, 0.717) is 11.1 Å². The predicted molar refractivity (Wildman–Crippen MR) is 111 cm³/mol. The van der Waals surface area contributed by atoms with Gasteiger partial charge >= 0.3 is 0 Å². The van der Waals surface area contributed by atoms with Crippen LogP contribution in [0.1, 0.15) is 52.7 Å². The molecule has 0 bridgehead atoms. The number of carbonyl (C=O) groups is 2. The molecule has 2 aromatic carbocycles. The first-order valence-corrected chi connectivity index (χ1v) is 10.2. The highest BCUT2D eigenvalue weighted by Gasteiger charge is 2.36. The molecule has 0 saturated carbocycles. The second kappa shape index (κ2) is 8.17. The zero-order chi connectivity index (χ0) is 20.4. The van der Waals surface area contributed by atoms with E-state index in [1.54, 1.807) is 24.3 Å². The molecule has 2 amide bonds. The minimum absolute atomic E-state index is 0.0345. The Bertz CT molecular complexity index is 1020. The van der Waals surface area contributed by atoms with E-state index in [1.807, 2.05) is 28.8 Å². The lowest BCUT2D eigenvalue weighted by Gasteiger charge is -2.20. The Kier molecular flexibility index (Phi) is 5.45. The Balaban J connectivity index is 1.53. The maximum Gasteiger partial charge on any atom is 0.261 e. The Morgan fingerprint density at radius 3 is 2.28 bits per heavy atom. The number of aliphatic hydroxyl groups is 1. The van der Waals surface area contributed by atoms with Gasteiger partial charge in [-0.25, -0.2) is 4.98 Å².